The first-order chi connectivity index (χ1) is 18.3. The highest BCUT2D eigenvalue weighted by Gasteiger charge is 2.27. The minimum Gasteiger partial charge on any atom is -0.406 e. The van der Waals surface area contributed by atoms with E-state index in [9.17, 15) is 14.2 Å². The summed E-state index contributed by atoms with van der Waals surface area (Å²) in [7, 11) is -3.88. The summed E-state index contributed by atoms with van der Waals surface area (Å²) in [5.41, 5.74) is 7.40. The van der Waals surface area contributed by atoms with E-state index in [1.165, 1.54) is 6.33 Å². The fraction of sp³-hybridized carbons (Fsp3) is 0.250. The van der Waals surface area contributed by atoms with Crippen LogP contribution in [0.15, 0.2) is 65.7 Å². The van der Waals surface area contributed by atoms with Crippen molar-refractivity contribution < 1.29 is 32.6 Å². The number of hydrogen-bond donors (Lipinski definition) is 2. The predicted octanol–water partition coefficient (Wildman–Crippen LogP) is 3.58. The lowest BCUT2D eigenvalue weighted by molar-refractivity contribution is 0.0154. The van der Waals surface area contributed by atoms with E-state index >= 15 is 0 Å². The number of nitrogen functional groups attached to an aromatic ring is 1. The van der Waals surface area contributed by atoms with Gasteiger partial charge in [-0.05, 0) is 24.6 Å². The molecule has 0 amide bonds. The number of aromatic amines is 1. The van der Waals surface area contributed by atoms with Gasteiger partial charge in [0.1, 0.15) is 12.1 Å². The molecule has 4 aromatic rings. The summed E-state index contributed by atoms with van der Waals surface area (Å²) in [4.78, 5) is 34.3. The van der Waals surface area contributed by atoms with Gasteiger partial charge in [0.15, 0.2) is 11.2 Å². The molecule has 13 nitrogen and oxygen atoms in total. The Kier molecular flexibility index (Phi) is 8.87. The average molecular weight is 543 g/mol. The molecule has 0 spiro atoms. The molecule has 2 aromatic carbocycles. The monoisotopic (exact) mass is 543 g/mol. The Labute approximate surface area is 217 Å². The molecule has 38 heavy (non-hydrogen) atoms. The van der Waals surface area contributed by atoms with Gasteiger partial charge in [0.05, 0.1) is 19.5 Å². The summed E-state index contributed by atoms with van der Waals surface area (Å²) in [6, 6.07) is 15.8. The lowest BCUT2D eigenvalue weighted by atomic mass is 10.2. The van der Waals surface area contributed by atoms with Gasteiger partial charge in [-0.2, -0.15) is 4.98 Å². The molecule has 2 heterocycles. The van der Waals surface area contributed by atoms with Crippen molar-refractivity contribution in [3.8, 4) is 5.75 Å². The van der Waals surface area contributed by atoms with Crippen LogP contribution in [0.25, 0.3) is 11.2 Å². The van der Waals surface area contributed by atoms with Gasteiger partial charge in [0, 0.05) is 6.54 Å². The number of fused-ring (bicyclic) bond motifs is 1. The van der Waals surface area contributed by atoms with E-state index in [1.807, 2.05) is 31.2 Å². The summed E-state index contributed by atoms with van der Waals surface area (Å²) in [6.45, 7) is 1.52. The fourth-order valence-electron chi connectivity index (χ4n) is 3.21. The molecule has 200 valence electrons. The number of carbonyl (C=O) groups excluding carboxylic acids is 1. The third kappa shape index (κ3) is 7.49. The van der Waals surface area contributed by atoms with Crippen LogP contribution in [-0.2, 0) is 36.2 Å². The number of nitrogens with one attached hydrogen (secondary N) is 1. The second-order valence-electron chi connectivity index (χ2n) is 8.03. The molecule has 3 N–H and O–H groups in total. The van der Waals surface area contributed by atoms with Crippen molar-refractivity contribution in [3.63, 3.8) is 0 Å². The van der Waals surface area contributed by atoms with E-state index in [0.29, 0.717) is 0 Å². The molecule has 0 saturated heterocycles. The van der Waals surface area contributed by atoms with Crippen LogP contribution < -0.4 is 16.0 Å². The Morgan fingerprint density at radius 2 is 1.87 bits per heavy atom. The first-order valence-electron chi connectivity index (χ1n) is 11.4. The summed E-state index contributed by atoms with van der Waals surface area (Å²) in [6.07, 6.45) is -0.0408. The Balaban J connectivity index is 1.33. The third-order valence-corrected chi connectivity index (χ3v) is 6.66. The van der Waals surface area contributed by atoms with Crippen LogP contribution in [0.1, 0.15) is 11.1 Å². The van der Waals surface area contributed by atoms with Crippen LogP contribution in [-0.4, -0.2) is 45.4 Å². The average Bonchev–Trinajstić information content (AvgIpc) is 3.30. The molecular weight excluding hydrogens is 517 g/mol. The van der Waals surface area contributed by atoms with Gasteiger partial charge in [-0.25, -0.2) is 9.78 Å². The number of imidazole rings is 1. The maximum Gasteiger partial charge on any atom is 0.515 e. The van der Waals surface area contributed by atoms with Crippen molar-refractivity contribution in [2.24, 2.45) is 0 Å². The van der Waals surface area contributed by atoms with Gasteiger partial charge >= 0.3 is 13.8 Å². The molecule has 0 radical (unpaired) electrons. The van der Waals surface area contributed by atoms with Crippen molar-refractivity contribution in [2.45, 2.75) is 20.1 Å². The third-order valence-electron chi connectivity index (χ3n) is 5.14. The number of aromatic nitrogens is 4. The molecule has 0 fully saturated rings. The topological polar surface area (TPSA) is 170 Å². The first-order valence-corrected chi connectivity index (χ1v) is 13.2. The zero-order chi connectivity index (χ0) is 27.0. The van der Waals surface area contributed by atoms with Gasteiger partial charge in [-0.3, -0.25) is 18.9 Å². The summed E-state index contributed by atoms with van der Waals surface area (Å²) in [5.74, 6) is 0.239. The molecule has 1 unspecified atom stereocenters. The Morgan fingerprint density at radius 1 is 1.11 bits per heavy atom. The molecule has 14 heteroatoms. The maximum absolute atomic E-state index is 13.4. The number of anilines is 1. The van der Waals surface area contributed by atoms with Gasteiger partial charge in [-0.15, -0.1) is 0 Å². The van der Waals surface area contributed by atoms with Gasteiger partial charge < -0.3 is 29.0 Å². The van der Waals surface area contributed by atoms with Crippen LogP contribution in [0.2, 0.25) is 0 Å². The molecule has 0 saturated carbocycles. The number of para-hydroxylation sites is 1. The van der Waals surface area contributed by atoms with Crippen molar-refractivity contribution in [2.75, 3.05) is 25.5 Å². The highest BCUT2D eigenvalue weighted by Crippen LogP contribution is 2.49. The molecule has 0 aliphatic heterocycles. The van der Waals surface area contributed by atoms with Crippen molar-refractivity contribution >= 4 is 30.9 Å². The Morgan fingerprint density at radius 3 is 2.63 bits per heavy atom. The number of benzene rings is 2. The highest BCUT2D eigenvalue weighted by atomic mass is 31.2. The number of rotatable bonds is 12. The van der Waals surface area contributed by atoms with Crippen LogP contribution in [0.5, 0.6) is 5.75 Å². The Hall–Kier alpha value is -4.03. The van der Waals surface area contributed by atoms with Crippen LogP contribution >= 0.6 is 7.60 Å². The smallest absolute Gasteiger partial charge is 0.406 e. The molecule has 4 rings (SSSR count). The lowest BCUT2D eigenvalue weighted by Gasteiger charge is -2.19. The van der Waals surface area contributed by atoms with Crippen LogP contribution in [0.4, 0.5) is 10.7 Å². The molecule has 1 atom stereocenters. The second kappa shape index (κ2) is 12.5. The van der Waals surface area contributed by atoms with E-state index in [2.05, 4.69) is 15.0 Å². The predicted molar refractivity (Wildman–Crippen MR) is 136 cm³/mol. The van der Waals surface area contributed by atoms with Crippen LogP contribution in [0.3, 0.4) is 0 Å². The molecule has 0 bridgehead atoms. The number of carbonyl (C=O) groups is 1. The zero-order valence-electron chi connectivity index (χ0n) is 20.4. The van der Waals surface area contributed by atoms with E-state index in [0.717, 1.165) is 11.1 Å². The molecule has 0 aliphatic rings. The molecular formula is C24H26N5O8P. The van der Waals surface area contributed by atoms with Gasteiger partial charge in [-0.1, -0.05) is 48.0 Å². The SMILES string of the molecule is Cc1ccc(COP(=O)(COCCn2cnc3c(=O)[nH]c(N)nc32)OCOC(=O)Oc2ccccc2)cc1. The summed E-state index contributed by atoms with van der Waals surface area (Å²) >= 11 is 0. The van der Waals surface area contributed by atoms with Crippen molar-refractivity contribution in [1.82, 2.24) is 19.5 Å². The quantitative estimate of drug-likeness (QED) is 0.0880. The largest absolute Gasteiger partial charge is 0.515 e. The van der Waals surface area contributed by atoms with Crippen molar-refractivity contribution in [3.05, 3.63) is 82.4 Å². The maximum atomic E-state index is 13.4. The number of H-pyrrole nitrogens is 1. The standard InChI is InChI=1S/C24H26N5O8P/c1-17-7-9-18(10-8-17)13-35-38(32,36-15-34-24(31)37-19-5-3-2-4-6-19)16-33-12-11-29-14-26-20-21(29)27-23(25)28-22(20)30/h2-10,14H,11-13,15-16H2,1H3,(H3,25,27,28,30). The van der Waals surface area contributed by atoms with E-state index in [1.54, 1.807) is 34.9 Å². The lowest BCUT2D eigenvalue weighted by Crippen LogP contribution is -2.15. The highest BCUT2D eigenvalue weighted by molar-refractivity contribution is 7.53. The molecule has 2 aromatic heterocycles. The summed E-state index contributed by atoms with van der Waals surface area (Å²) < 4.78 is 41.3. The van der Waals surface area contributed by atoms with Crippen LogP contribution in [0, 0.1) is 6.92 Å². The number of aryl methyl sites for hydroxylation is 1. The Bertz CT molecular complexity index is 1470. The van der Waals surface area contributed by atoms with Crippen molar-refractivity contribution in [1.29, 1.82) is 0 Å². The zero-order valence-corrected chi connectivity index (χ0v) is 21.3. The van der Waals surface area contributed by atoms with E-state index < -0.39 is 32.5 Å². The second-order valence-corrected chi connectivity index (χ2v) is 10.0. The van der Waals surface area contributed by atoms with E-state index in [4.69, 9.17) is 29.0 Å². The number of hydrogen-bond acceptors (Lipinski definition) is 11. The van der Waals surface area contributed by atoms with Gasteiger partial charge in [0.25, 0.3) is 5.56 Å². The number of ether oxygens (including phenoxy) is 3. The normalized spacial score (nSPS) is 12.8. The minimum atomic E-state index is -3.88. The summed E-state index contributed by atoms with van der Waals surface area (Å²) in [5, 5.41) is 0. The molecule has 0 aliphatic carbocycles. The minimum absolute atomic E-state index is 0.0203. The number of nitrogens with zero attached hydrogens (tertiary/aromatic N) is 3. The fourth-order valence-corrected chi connectivity index (χ4v) is 4.35. The number of nitrogens with two attached hydrogens (primary N) is 1. The van der Waals surface area contributed by atoms with E-state index in [-0.39, 0.29) is 42.6 Å². The van der Waals surface area contributed by atoms with Gasteiger partial charge in [0.2, 0.25) is 12.7 Å². The first kappa shape index (κ1) is 27.0.